The van der Waals surface area contributed by atoms with E-state index in [1.165, 1.54) is 0 Å². The summed E-state index contributed by atoms with van der Waals surface area (Å²) in [5.41, 5.74) is 27.3. The van der Waals surface area contributed by atoms with Crippen LogP contribution in [-0.2, 0) is 43.2 Å². The van der Waals surface area contributed by atoms with Crippen molar-refractivity contribution in [3.8, 4) is 0 Å². The highest BCUT2D eigenvalue weighted by Crippen LogP contribution is 2.07. The van der Waals surface area contributed by atoms with Crippen molar-refractivity contribution in [3.05, 3.63) is 0 Å². The molecule has 0 radical (unpaired) electrons. The standard InChI is InChI=1S/C30H57N13O9/c31-10-4-1-7-19(28(35)50)42-30(52)21(9-3-6-12-33)43-29(51)20(8-2-5-11-32)41-27(49)18-40-26(48)17-39-25(47)16-38-24(46)15-37-23(45)14-36-22(44)13-34/h19-21H,1-18,31-34H2,(H2,35,50)(H,36,44)(H,37,45)(H,38,46)(H,39,47)(H,40,48)(H,41,49)(H,42,52)(H,43,51)/t19-,20-,21-/m0/s1. The van der Waals surface area contributed by atoms with Crippen LogP contribution in [0.25, 0.3) is 0 Å². The lowest BCUT2D eigenvalue weighted by atomic mass is 10.0. The number of primary amides is 1. The molecular formula is C30H57N13O9. The minimum Gasteiger partial charge on any atom is -0.368 e. The highest BCUT2D eigenvalue weighted by Gasteiger charge is 2.29. The van der Waals surface area contributed by atoms with Crippen molar-refractivity contribution in [1.82, 2.24) is 42.5 Å². The summed E-state index contributed by atoms with van der Waals surface area (Å²) in [5.74, 6) is -6.18. The molecule has 22 heteroatoms. The molecule has 0 aromatic rings. The van der Waals surface area contributed by atoms with Gasteiger partial charge in [0, 0.05) is 0 Å². The van der Waals surface area contributed by atoms with Crippen LogP contribution in [0.3, 0.4) is 0 Å². The highest BCUT2D eigenvalue weighted by atomic mass is 16.2. The molecule has 0 aliphatic rings. The molecule has 9 amide bonds. The van der Waals surface area contributed by atoms with Crippen LogP contribution in [0.1, 0.15) is 57.8 Å². The van der Waals surface area contributed by atoms with E-state index in [4.69, 9.17) is 28.7 Å². The van der Waals surface area contributed by atoms with Gasteiger partial charge in [-0.05, 0) is 77.4 Å². The van der Waals surface area contributed by atoms with Crippen LogP contribution in [-0.4, -0.2) is 130 Å². The molecule has 296 valence electrons. The van der Waals surface area contributed by atoms with Gasteiger partial charge >= 0.3 is 0 Å². The Balaban J connectivity index is 5.04. The third kappa shape index (κ3) is 23.5. The van der Waals surface area contributed by atoms with Gasteiger partial charge in [-0.2, -0.15) is 0 Å². The summed E-state index contributed by atoms with van der Waals surface area (Å²) >= 11 is 0. The van der Waals surface area contributed by atoms with Crippen molar-refractivity contribution in [2.45, 2.75) is 75.9 Å². The molecule has 0 rings (SSSR count). The van der Waals surface area contributed by atoms with Crippen molar-refractivity contribution in [2.24, 2.45) is 28.7 Å². The van der Waals surface area contributed by atoms with E-state index in [1.54, 1.807) is 0 Å². The summed E-state index contributed by atoms with van der Waals surface area (Å²) < 4.78 is 0. The van der Waals surface area contributed by atoms with Crippen LogP contribution in [0.2, 0.25) is 0 Å². The minimum absolute atomic E-state index is 0.166. The van der Waals surface area contributed by atoms with Crippen molar-refractivity contribution >= 4 is 53.2 Å². The Bertz CT molecular complexity index is 1190. The van der Waals surface area contributed by atoms with Gasteiger partial charge in [0.1, 0.15) is 18.1 Å². The van der Waals surface area contributed by atoms with E-state index >= 15 is 0 Å². The van der Waals surface area contributed by atoms with Gasteiger partial charge < -0.3 is 71.2 Å². The fourth-order valence-corrected chi connectivity index (χ4v) is 4.31. The van der Waals surface area contributed by atoms with Gasteiger partial charge in [-0.25, -0.2) is 0 Å². The van der Waals surface area contributed by atoms with Crippen LogP contribution in [0.5, 0.6) is 0 Å². The van der Waals surface area contributed by atoms with E-state index in [1.807, 2.05) is 0 Å². The molecule has 3 atom stereocenters. The Labute approximate surface area is 302 Å². The molecule has 0 saturated heterocycles. The van der Waals surface area contributed by atoms with Crippen LogP contribution >= 0.6 is 0 Å². The molecule has 0 aliphatic heterocycles. The quantitative estimate of drug-likeness (QED) is 0.0317. The predicted molar refractivity (Wildman–Crippen MR) is 188 cm³/mol. The lowest BCUT2D eigenvalue weighted by Gasteiger charge is -2.25. The molecule has 0 aromatic heterocycles. The fraction of sp³-hybridized carbons (Fsp3) is 0.700. The number of hydrogen-bond acceptors (Lipinski definition) is 13. The molecular weight excluding hydrogens is 686 g/mol. The van der Waals surface area contributed by atoms with Gasteiger partial charge in [-0.15, -0.1) is 0 Å². The molecule has 0 spiro atoms. The average molecular weight is 744 g/mol. The van der Waals surface area contributed by atoms with Gasteiger partial charge in [-0.1, -0.05) is 0 Å². The maximum Gasteiger partial charge on any atom is 0.243 e. The Hall–Kier alpha value is -4.93. The molecule has 0 bridgehead atoms. The number of rotatable bonds is 29. The van der Waals surface area contributed by atoms with Gasteiger partial charge in [0.2, 0.25) is 53.2 Å². The number of hydrogen-bond donors (Lipinski definition) is 13. The summed E-state index contributed by atoms with van der Waals surface area (Å²) in [6, 6.07) is -3.13. The van der Waals surface area contributed by atoms with E-state index in [9.17, 15) is 43.2 Å². The van der Waals surface area contributed by atoms with Crippen LogP contribution in [0, 0.1) is 0 Å². The first-order valence-electron chi connectivity index (χ1n) is 17.1. The van der Waals surface area contributed by atoms with E-state index in [0.29, 0.717) is 58.2 Å². The van der Waals surface area contributed by atoms with Gasteiger partial charge in [0.05, 0.1) is 39.3 Å². The second-order valence-corrected chi connectivity index (χ2v) is 11.6. The van der Waals surface area contributed by atoms with Crippen molar-refractivity contribution < 1.29 is 43.2 Å². The third-order valence-corrected chi connectivity index (χ3v) is 7.20. The molecule has 0 aromatic carbocycles. The molecule has 0 saturated carbocycles. The summed E-state index contributed by atoms with van der Waals surface area (Å²) in [7, 11) is 0. The Morgan fingerprint density at radius 3 is 1.04 bits per heavy atom. The highest BCUT2D eigenvalue weighted by molar-refractivity contribution is 5.95. The first-order chi connectivity index (χ1) is 24.8. The number of nitrogens with two attached hydrogens (primary N) is 5. The molecule has 0 fully saturated rings. The number of carbonyl (C=O) groups is 9. The van der Waals surface area contributed by atoms with E-state index in [0.717, 1.165) is 0 Å². The van der Waals surface area contributed by atoms with E-state index < -0.39 is 97.5 Å². The SMILES string of the molecule is NCCCC[C@H](NC(=O)[C@H](CCCCN)NC(=O)[C@H](CCCCN)NC(=O)CNC(=O)CNC(=O)CNC(=O)CNC(=O)CNC(=O)CN)C(N)=O. The Kier molecular flexibility index (Phi) is 26.0. The van der Waals surface area contributed by atoms with Crippen LogP contribution < -0.4 is 71.2 Å². The number of unbranched alkanes of at least 4 members (excludes halogenated alkanes) is 3. The summed E-state index contributed by atoms with van der Waals surface area (Å²) in [5, 5.41) is 19.0. The Morgan fingerprint density at radius 2 is 0.692 bits per heavy atom. The first kappa shape index (κ1) is 47.1. The monoisotopic (exact) mass is 743 g/mol. The molecule has 22 nitrogen and oxygen atoms in total. The molecule has 0 unspecified atom stereocenters. The second-order valence-electron chi connectivity index (χ2n) is 11.6. The average Bonchev–Trinajstić information content (AvgIpc) is 3.12. The minimum atomic E-state index is -1.10. The van der Waals surface area contributed by atoms with Crippen LogP contribution in [0.4, 0.5) is 0 Å². The summed E-state index contributed by atoms with van der Waals surface area (Å²) in [6.07, 6.45) is 3.87. The third-order valence-electron chi connectivity index (χ3n) is 7.20. The number of carbonyl (C=O) groups excluding carboxylic acids is 9. The van der Waals surface area contributed by atoms with Crippen LogP contribution in [0.15, 0.2) is 0 Å². The maximum absolute atomic E-state index is 13.3. The Morgan fingerprint density at radius 1 is 0.385 bits per heavy atom. The molecule has 0 heterocycles. The summed E-state index contributed by atoms with van der Waals surface area (Å²) in [4.78, 5) is 110. The first-order valence-corrected chi connectivity index (χ1v) is 17.1. The van der Waals surface area contributed by atoms with Gasteiger partial charge in [0.15, 0.2) is 0 Å². The van der Waals surface area contributed by atoms with E-state index in [-0.39, 0.29) is 32.4 Å². The zero-order chi connectivity index (χ0) is 39.3. The molecule has 52 heavy (non-hydrogen) atoms. The largest absolute Gasteiger partial charge is 0.368 e. The van der Waals surface area contributed by atoms with Gasteiger partial charge in [-0.3, -0.25) is 43.2 Å². The topological polar surface area (TPSA) is 380 Å². The lowest BCUT2D eigenvalue weighted by Crippen LogP contribution is -2.57. The van der Waals surface area contributed by atoms with Crippen molar-refractivity contribution in [3.63, 3.8) is 0 Å². The summed E-state index contributed by atoms with van der Waals surface area (Å²) in [6.45, 7) is -1.68. The second kappa shape index (κ2) is 28.7. The molecule has 0 aliphatic carbocycles. The maximum atomic E-state index is 13.3. The number of amides is 9. The fourth-order valence-electron chi connectivity index (χ4n) is 4.31. The van der Waals surface area contributed by atoms with Crippen molar-refractivity contribution in [1.29, 1.82) is 0 Å². The smallest absolute Gasteiger partial charge is 0.243 e. The zero-order valence-electron chi connectivity index (χ0n) is 29.5. The normalized spacial score (nSPS) is 12.2. The van der Waals surface area contributed by atoms with Gasteiger partial charge in [0.25, 0.3) is 0 Å². The van der Waals surface area contributed by atoms with E-state index in [2.05, 4.69) is 42.5 Å². The lowest BCUT2D eigenvalue weighted by molar-refractivity contribution is -0.133. The molecule has 18 N–H and O–H groups in total. The van der Waals surface area contributed by atoms with Crippen molar-refractivity contribution in [2.75, 3.05) is 58.9 Å². The number of nitrogens with one attached hydrogen (secondary N) is 8. The predicted octanol–water partition coefficient (Wildman–Crippen LogP) is -7.15. The zero-order valence-corrected chi connectivity index (χ0v) is 29.5.